The van der Waals surface area contributed by atoms with E-state index in [-0.39, 0.29) is 41.6 Å². The number of hydrogen-bond donors (Lipinski definition) is 4. The highest BCUT2D eigenvalue weighted by Gasteiger charge is 2.27. The van der Waals surface area contributed by atoms with Crippen LogP contribution in [-0.4, -0.2) is 53.0 Å². The van der Waals surface area contributed by atoms with E-state index in [2.05, 4.69) is 0 Å². The van der Waals surface area contributed by atoms with Crippen LogP contribution >= 0.6 is 0 Å². The Morgan fingerprint density at radius 1 is 1.09 bits per heavy atom. The predicted octanol–water partition coefficient (Wildman–Crippen LogP) is 0.837. The molecule has 3 aromatic rings. The number of fused-ring (bicyclic) bond motifs is 1. The van der Waals surface area contributed by atoms with Crippen molar-refractivity contribution in [2.75, 3.05) is 27.4 Å². The highest BCUT2D eigenvalue weighted by molar-refractivity contribution is 6.03. The smallest absolute Gasteiger partial charge is 0.265 e. The summed E-state index contributed by atoms with van der Waals surface area (Å²) in [7, 11) is 4.34. The number of ether oxygens (including phenoxy) is 2. The van der Waals surface area contributed by atoms with E-state index in [1.165, 1.54) is 18.8 Å². The largest absolute Gasteiger partial charge is 0.506 e. The molecule has 9 heteroatoms. The van der Waals surface area contributed by atoms with Crippen LogP contribution in [0.3, 0.4) is 0 Å². The molecule has 0 radical (unpaired) electrons. The molecule has 0 unspecified atom stereocenters. The number of methoxy groups -OCH3 is 2. The number of aromatic hydroxyl groups is 2. The van der Waals surface area contributed by atoms with Crippen LogP contribution in [0.4, 0.5) is 0 Å². The molecule has 0 fully saturated rings. The fraction of sp³-hybridized carbons (Fsp3) is 0.304. The summed E-state index contributed by atoms with van der Waals surface area (Å²) in [5.74, 6) is -0.737. The van der Waals surface area contributed by atoms with E-state index < -0.39 is 17.4 Å². The maximum absolute atomic E-state index is 13.2. The monoisotopic (exact) mass is 443 g/mol. The molecule has 0 aliphatic carbocycles. The van der Waals surface area contributed by atoms with E-state index in [0.717, 1.165) is 0 Å². The van der Waals surface area contributed by atoms with E-state index in [9.17, 15) is 24.9 Å². The van der Waals surface area contributed by atoms with Crippen LogP contribution in [0.25, 0.3) is 10.9 Å². The summed E-state index contributed by atoms with van der Waals surface area (Å²) in [6, 6.07) is 9.41. The highest BCUT2D eigenvalue weighted by Crippen LogP contribution is 2.39. The predicted molar refractivity (Wildman–Crippen MR) is 118 cm³/mol. The summed E-state index contributed by atoms with van der Waals surface area (Å²) in [6.45, 7) is 0.172. The number of Topliss-reactive ketones (excluding diaryl/α,β-unsaturated/α-hetero) is 1. The van der Waals surface area contributed by atoms with Gasteiger partial charge in [0.05, 0.1) is 39.3 Å². The van der Waals surface area contributed by atoms with Gasteiger partial charge in [0.25, 0.3) is 5.56 Å². The second-order valence-corrected chi connectivity index (χ2v) is 7.36. The number of hydrogen-bond acceptors (Lipinski definition) is 7. The number of pyridine rings is 1. The second kappa shape index (κ2) is 9.71. The molecule has 170 valence electrons. The Labute approximate surface area is 184 Å². The lowest BCUT2D eigenvalue weighted by Crippen LogP contribution is -2.86. The number of nitrogens with zero attached hydrogens (tertiary/aromatic N) is 1. The first-order chi connectivity index (χ1) is 15.3. The van der Waals surface area contributed by atoms with Crippen molar-refractivity contribution in [3.8, 4) is 23.0 Å². The fourth-order valence-electron chi connectivity index (χ4n) is 3.77. The number of aryl methyl sites for hydroxylation is 1. The highest BCUT2D eigenvalue weighted by atomic mass is 16.5. The first-order valence-electron chi connectivity index (χ1n) is 10.1. The Hall–Kier alpha value is -3.56. The number of aliphatic hydroxyl groups excluding tert-OH is 1. The van der Waals surface area contributed by atoms with E-state index >= 15 is 0 Å². The molecule has 32 heavy (non-hydrogen) atoms. The first-order valence-corrected chi connectivity index (χ1v) is 10.1. The molecule has 0 bridgehead atoms. The Morgan fingerprint density at radius 2 is 1.72 bits per heavy atom. The molecule has 0 aliphatic rings. The van der Waals surface area contributed by atoms with Crippen molar-refractivity contribution in [3.63, 3.8) is 0 Å². The van der Waals surface area contributed by atoms with Gasteiger partial charge in [-0.2, -0.15) is 0 Å². The zero-order valence-electron chi connectivity index (χ0n) is 18.2. The number of carbonyl (C=O) groups excluding carboxylic acids is 1. The SMILES string of the molecule is COc1cc([C@@H](CC(=O)c2c(O)c3ccccc3n(C)c2=O)[NH2+]CCO)cc(OC)c1O. The topological polar surface area (TPSA) is 135 Å². The lowest BCUT2D eigenvalue weighted by molar-refractivity contribution is -0.695. The molecule has 0 saturated heterocycles. The summed E-state index contributed by atoms with van der Waals surface area (Å²) in [5.41, 5.74) is 0.234. The third kappa shape index (κ3) is 4.25. The molecule has 9 nitrogen and oxygen atoms in total. The minimum Gasteiger partial charge on any atom is -0.506 e. The normalized spacial score (nSPS) is 12.0. The Balaban J connectivity index is 2.06. The molecule has 1 atom stereocenters. The zero-order chi connectivity index (χ0) is 23.4. The molecule has 1 aromatic heterocycles. The third-order valence-electron chi connectivity index (χ3n) is 5.47. The van der Waals surface area contributed by atoms with E-state index in [1.54, 1.807) is 48.8 Å². The van der Waals surface area contributed by atoms with E-state index in [4.69, 9.17) is 9.47 Å². The van der Waals surface area contributed by atoms with Crippen molar-refractivity contribution >= 4 is 16.7 Å². The van der Waals surface area contributed by atoms with Crippen LogP contribution in [-0.2, 0) is 7.05 Å². The van der Waals surface area contributed by atoms with Crippen LogP contribution < -0.4 is 20.3 Å². The summed E-state index contributed by atoms with van der Waals surface area (Å²) >= 11 is 0. The van der Waals surface area contributed by atoms with Crippen molar-refractivity contribution in [1.29, 1.82) is 0 Å². The third-order valence-corrected chi connectivity index (χ3v) is 5.47. The van der Waals surface area contributed by atoms with Crippen molar-refractivity contribution in [1.82, 2.24) is 4.57 Å². The van der Waals surface area contributed by atoms with Gasteiger partial charge in [-0.25, -0.2) is 0 Å². The van der Waals surface area contributed by atoms with Crippen LogP contribution in [0, 0.1) is 0 Å². The Bertz CT molecular complexity index is 1180. The van der Waals surface area contributed by atoms with Gasteiger partial charge in [-0.1, -0.05) is 12.1 Å². The quantitative estimate of drug-likeness (QED) is 0.360. The molecule has 5 N–H and O–H groups in total. The zero-order valence-corrected chi connectivity index (χ0v) is 18.2. The van der Waals surface area contributed by atoms with E-state index in [1.807, 2.05) is 0 Å². The number of phenolic OH excluding ortho intramolecular Hbond substituents is 1. The molecule has 0 spiro atoms. The minimum atomic E-state index is -0.590. The van der Waals surface area contributed by atoms with Crippen LogP contribution in [0.2, 0.25) is 0 Å². The van der Waals surface area contributed by atoms with Gasteiger partial charge in [0.1, 0.15) is 17.4 Å². The molecular weight excluding hydrogens is 416 g/mol. The van der Waals surface area contributed by atoms with Gasteiger partial charge in [0, 0.05) is 18.0 Å². The molecular formula is C23H27N2O7+. The number of quaternary nitrogens is 1. The average molecular weight is 443 g/mol. The number of ketones is 1. The molecule has 0 aliphatic heterocycles. The fourth-order valence-corrected chi connectivity index (χ4v) is 3.77. The van der Waals surface area contributed by atoms with Crippen LogP contribution in [0.5, 0.6) is 23.0 Å². The molecule has 2 aromatic carbocycles. The summed E-state index contributed by atoms with van der Waals surface area (Å²) < 4.78 is 11.7. The number of aromatic nitrogens is 1. The number of carbonyl (C=O) groups is 1. The molecule has 3 rings (SSSR count). The number of rotatable bonds is 9. The standard InChI is InChI=1S/C23H26N2O7/c1-25-16-7-5-4-6-14(16)21(28)20(23(25)30)17(27)12-15(24-8-9-26)13-10-18(31-2)22(29)19(11-13)32-3/h4-7,10-11,15,24,26,28-29H,8-9,12H2,1-3H3/p+1/t15-/m1/s1. The molecule has 0 amide bonds. The lowest BCUT2D eigenvalue weighted by Gasteiger charge is -2.18. The summed E-state index contributed by atoms with van der Waals surface area (Å²) in [4.78, 5) is 26.1. The Morgan fingerprint density at radius 3 is 2.31 bits per heavy atom. The number of para-hydroxylation sites is 1. The Kier molecular flexibility index (Phi) is 7.01. The molecule has 1 heterocycles. The van der Waals surface area contributed by atoms with Crippen molar-refractivity contribution in [3.05, 3.63) is 57.9 Å². The van der Waals surface area contributed by atoms with Gasteiger partial charge in [-0.05, 0) is 24.3 Å². The van der Waals surface area contributed by atoms with Gasteiger partial charge in [-0.3, -0.25) is 9.59 Å². The van der Waals surface area contributed by atoms with Gasteiger partial charge in [-0.15, -0.1) is 0 Å². The second-order valence-electron chi connectivity index (χ2n) is 7.36. The first kappa shape index (κ1) is 23.1. The maximum Gasteiger partial charge on any atom is 0.265 e. The van der Waals surface area contributed by atoms with Crippen LogP contribution in [0.15, 0.2) is 41.2 Å². The van der Waals surface area contributed by atoms with Gasteiger partial charge in [0.2, 0.25) is 5.75 Å². The van der Waals surface area contributed by atoms with Gasteiger partial charge >= 0.3 is 0 Å². The maximum atomic E-state index is 13.2. The number of nitrogens with two attached hydrogens (primary N) is 1. The van der Waals surface area contributed by atoms with E-state index in [0.29, 0.717) is 23.0 Å². The average Bonchev–Trinajstić information content (AvgIpc) is 2.80. The molecule has 0 saturated carbocycles. The minimum absolute atomic E-state index is 0.125. The lowest BCUT2D eigenvalue weighted by atomic mass is 9.96. The van der Waals surface area contributed by atoms with Gasteiger partial charge < -0.3 is 34.7 Å². The van der Waals surface area contributed by atoms with Crippen LogP contribution in [0.1, 0.15) is 28.4 Å². The summed E-state index contributed by atoms with van der Waals surface area (Å²) in [5, 5.41) is 32.4. The van der Waals surface area contributed by atoms with Crippen molar-refractivity contribution in [2.45, 2.75) is 12.5 Å². The van der Waals surface area contributed by atoms with Gasteiger partial charge in [0.15, 0.2) is 17.3 Å². The number of aliphatic hydroxyl groups is 1. The number of benzene rings is 2. The van der Waals surface area contributed by atoms with Crippen molar-refractivity contribution in [2.24, 2.45) is 7.05 Å². The van der Waals surface area contributed by atoms with Crippen molar-refractivity contribution < 1.29 is 34.9 Å². The number of phenols is 1. The summed E-state index contributed by atoms with van der Waals surface area (Å²) in [6.07, 6.45) is -0.141.